The average molecular weight is 308 g/mol. The number of nitrogens with one attached hydrogen (secondary N) is 2. The Morgan fingerprint density at radius 2 is 2.06 bits per heavy atom. The van der Waals surface area contributed by atoms with Crippen molar-refractivity contribution in [3.63, 3.8) is 0 Å². The Kier molecular flexibility index (Phi) is 7.38. The van der Waals surface area contributed by atoms with Crippen LogP contribution < -0.4 is 10.6 Å². The first-order valence-corrected chi connectivity index (χ1v) is 5.63. The minimum absolute atomic E-state index is 0. The standard InChI is InChI=1S/C11H15BrN2O.ClH/c1-8(11(15)13-2)14-7-9-5-3-4-6-10(9)12;/h3-6,8,14H,7H2,1-2H3,(H,13,15);1H/t8-;/m1./s1. The summed E-state index contributed by atoms with van der Waals surface area (Å²) in [4.78, 5) is 11.2. The monoisotopic (exact) mass is 306 g/mol. The molecule has 16 heavy (non-hydrogen) atoms. The van der Waals surface area contributed by atoms with E-state index >= 15 is 0 Å². The number of halogens is 2. The van der Waals surface area contributed by atoms with Crippen LogP contribution in [0.25, 0.3) is 0 Å². The summed E-state index contributed by atoms with van der Waals surface area (Å²) in [6.45, 7) is 2.52. The highest BCUT2D eigenvalue weighted by molar-refractivity contribution is 9.10. The van der Waals surface area contributed by atoms with Gasteiger partial charge in [0.05, 0.1) is 6.04 Å². The molecule has 0 aliphatic heterocycles. The molecule has 2 N–H and O–H groups in total. The third-order valence-electron chi connectivity index (χ3n) is 2.20. The van der Waals surface area contributed by atoms with Gasteiger partial charge in [-0.3, -0.25) is 4.79 Å². The van der Waals surface area contributed by atoms with Crippen LogP contribution in [0.15, 0.2) is 28.7 Å². The van der Waals surface area contributed by atoms with Crippen molar-refractivity contribution in [1.82, 2.24) is 10.6 Å². The lowest BCUT2D eigenvalue weighted by Crippen LogP contribution is -2.40. The predicted molar refractivity (Wildman–Crippen MR) is 71.8 cm³/mol. The highest BCUT2D eigenvalue weighted by Crippen LogP contribution is 2.15. The van der Waals surface area contributed by atoms with Crippen LogP contribution in [0.3, 0.4) is 0 Å². The molecule has 0 saturated heterocycles. The maximum atomic E-state index is 11.2. The summed E-state index contributed by atoms with van der Waals surface area (Å²) < 4.78 is 1.06. The van der Waals surface area contributed by atoms with Gasteiger partial charge < -0.3 is 10.6 Å². The third kappa shape index (κ3) is 4.51. The molecule has 0 aliphatic carbocycles. The Morgan fingerprint density at radius 1 is 1.44 bits per heavy atom. The van der Waals surface area contributed by atoms with E-state index in [-0.39, 0.29) is 24.4 Å². The minimum atomic E-state index is -0.179. The van der Waals surface area contributed by atoms with E-state index in [1.54, 1.807) is 7.05 Å². The number of hydrogen-bond donors (Lipinski definition) is 2. The molecule has 1 amide bonds. The Bertz CT molecular complexity index is 347. The summed E-state index contributed by atoms with van der Waals surface area (Å²) in [6, 6.07) is 7.78. The maximum absolute atomic E-state index is 11.2. The van der Waals surface area contributed by atoms with Crippen molar-refractivity contribution < 1.29 is 4.79 Å². The van der Waals surface area contributed by atoms with E-state index in [4.69, 9.17) is 0 Å². The lowest BCUT2D eigenvalue weighted by molar-refractivity contribution is -0.122. The summed E-state index contributed by atoms with van der Waals surface area (Å²) in [5.41, 5.74) is 1.15. The SMILES string of the molecule is CNC(=O)[C@@H](C)NCc1ccccc1Br.Cl. The maximum Gasteiger partial charge on any atom is 0.236 e. The fraction of sp³-hybridized carbons (Fsp3) is 0.364. The van der Waals surface area contributed by atoms with Crippen molar-refractivity contribution in [2.75, 3.05) is 7.05 Å². The van der Waals surface area contributed by atoms with Gasteiger partial charge >= 0.3 is 0 Å². The summed E-state index contributed by atoms with van der Waals surface area (Å²) in [5, 5.41) is 5.75. The van der Waals surface area contributed by atoms with Gasteiger partial charge in [-0.2, -0.15) is 0 Å². The molecule has 1 atom stereocenters. The Hall–Kier alpha value is -0.580. The molecule has 0 radical (unpaired) electrons. The van der Waals surface area contributed by atoms with E-state index in [2.05, 4.69) is 26.6 Å². The van der Waals surface area contributed by atoms with Crippen LogP contribution in [0.4, 0.5) is 0 Å². The minimum Gasteiger partial charge on any atom is -0.358 e. The van der Waals surface area contributed by atoms with Crippen LogP contribution in [0.5, 0.6) is 0 Å². The first kappa shape index (κ1) is 15.4. The molecule has 5 heteroatoms. The summed E-state index contributed by atoms with van der Waals surface area (Å²) in [7, 11) is 1.64. The van der Waals surface area contributed by atoms with Gasteiger partial charge in [-0.1, -0.05) is 34.1 Å². The van der Waals surface area contributed by atoms with E-state index in [0.29, 0.717) is 6.54 Å². The highest BCUT2D eigenvalue weighted by Gasteiger charge is 2.09. The van der Waals surface area contributed by atoms with Gasteiger partial charge in [0.25, 0.3) is 0 Å². The second-order valence-electron chi connectivity index (χ2n) is 3.31. The molecule has 1 aromatic carbocycles. The zero-order valence-corrected chi connectivity index (χ0v) is 11.7. The van der Waals surface area contributed by atoms with Crippen LogP contribution in [0.2, 0.25) is 0 Å². The number of hydrogen-bond acceptors (Lipinski definition) is 2. The molecule has 1 rings (SSSR count). The molecular formula is C11H16BrClN2O. The summed E-state index contributed by atoms with van der Waals surface area (Å²) >= 11 is 3.46. The molecule has 0 heterocycles. The van der Waals surface area contributed by atoms with Crippen molar-refractivity contribution in [3.05, 3.63) is 34.3 Å². The van der Waals surface area contributed by atoms with Crippen LogP contribution in [-0.4, -0.2) is 19.0 Å². The van der Waals surface area contributed by atoms with Crippen molar-refractivity contribution in [3.8, 4) is 0 Å². The van der Waals surface area contributed by atoms with Crippen LogP contribution in [0, 0.1) is 0 Å². The quantitative estimate of drug-likeness (QED) is 0.894. The van der Waals surface area contributed by atoms with Crippen molar-refractivity contribution in [2.24, 2.45) is 0 Å². The lowest BCUT2D eigenvalue weighted by atomic mass is 10.2. The van der Waals surface area contributed by atoms with Gasteiger partial charge in [0.2, 0.25) is 5.91 Å². The van der Waals surface area contributed by atoms with Crippen molar-refractivity contribution >= 4 is 34.2 Å². The van der Waals surface area contributed by atoms with Crippen molar-refractivity contribution in [1.29, 1.82) is 0 Å². The zero-order chi connectivity index (χ0) is 11.3. The number of likely N-dealkylation sites (N-methyl/N-ethyl adjacent to an activating group) is 1. The number of carbonyl (C=O) groups is 1. The molecule has 0 saturated carbocycles. The van der Waals surface area contributed by atoms with Crippen LogP contribution >= 0.6 is 28.3 Å². The second-order valence-corrected chi connectivity index (χ2v) is 4.16. The zero-order valence-electron chi connectivity index (χ0n) is 9.29. The largest absolute Gasteiger partial charge is 0.358 e. The fourth-order valence-corrected chi connectivity index (χ4v) is 1.64. The number of carbonyl (C=O) groups excluding carboxylic acids is 1. The molecule has 0 spiro atoms. The molecule has 0 bridgehead atoms. The van der Waals surface area contributed by atoms with Gasteiger partial charge in [0.1, 0.15) is 0 Å². The average Bonchev–Trinajstić information content (AvgIpc) is 2.26. The molecule has 0 aromatic heterocycles. The van der Waals surface area contributed by atoms with Gasteiger partial charge in [-0.05, 0) is 18.6 Å². The molecule has 1 aromatic rings. The van der Waals surface area contributed by atoms with E-state index in [0.717, 1.165) is 10.0 Å². The normalized spacial score (nSPS) is 11.4. The highest BCUT2D eigenvalue weighted by atomic mass is 79.9. The fourth-order valence-electron chi connectivity index (χ4n) is 1.21. The van der Waals surface area contributed by atoms with E-state index < -0.39 is 0 Å². The number of amides is 1. The summed E-state index contributed by atoms with van der Waals surface area (Å²) in [6.07, 6.45) is 0. The van der Waals surface area contributed by atoms with Gasteiger partial charge in [-0.25, -0.2) is 0 Å². The molecule has 0 unspecified atom stereocenters. The lowest BCUT2D eigenvalue weighted by Gasteiger charge is -2.12. The summed E-state index contributed by atoms with van der Waals surface area (Å²) in [5.74, 6) is 0.00190. The second kappa shape index (κ2) is 7.65. The van der Waals surface area contributed by atoms with E-state index in [9.17, 15) is 4.79 Å². The topological polar surface area (TPSA) is 41.1 Å². The van der Waals surface area contributed by atoms with Gasteiger partial charge in [0.15, 0.2) is 0 Å². The number of rotatable bonds is 4. The van der Waals surface area contributed by atoms with Gasteiger partial charge in [0, 0.05) is 18.1 Å². The predicted octanol–water partition coefficient (Wildman–Crippen LogP) is 2.09. The first-order valence-electron chi connectivity index (χ1n) is 4.83. The van der Waals surface area contributed by atoms with Crippen LogP contribution in [-0.2, 0) is 11.3 Å². The van der Waals surface area contributed by atoms with Gasteiger partial charge in [-0.15, -0.1) is 12.4 Å². The Labute approximate surface area is 111 Å². The number of benzene rings is 1. The molecule has 3 nitrogen and oxygen atoms in total. The Morgan fingerprint density at radius 3 is 2.62 bits per heavy atom. The smallest absolute Gasteiger partial charge is 0.236 e. The molecule has 90 valence electrons. The third-order valence-corrected chi connectivity index (χ3v) is 2.97. The molecule has 0 fully saturated rings. The first-order chi connectivity index (χ1) is 7.15. The molecule has 0 aliphatic rings. The van der Waals surface area contributed by atoms with Crippen molar-refractivity contribution in [2.45, 2.75) is 19.5 Å². The molecular weight excluding hydrogens is 291 g/mol. The Balaban J connectivity index is 0.00000225. The van der Waals surface area contributed by atoms with Crippen LogP contribution in [0.1, 0.15) is 12.5 Å². The van der Waals surface area contributed by atoms with E-state index in [1.807, 2.05) is 31.2 Å². The van der Waals surface area contributed by atoms with E-state index in [1.165, 1.54) is 0 Å².